The van der Waals surface area contributed by atoms with Crippen molar-refractivity contribution in [3.63, 3.8) is 0 Å². The highest BCUT2D eigenvalue weighted by molar-refractivity contribution is 5.96. The molecule has 0 aliphatic heterocycles. The molecule has 4 heteroatoms. The number of hydrogen-bond acceptors (Lipinski definition) is 3. The second kappa shape index (κ2) is 4.53. The molecule has 4 nitrogen and oxygen atoms in total. The predicted molar refractivity (Wildman–Crippen MR) is 71.2 cm³/mol. The normalized spacial score (nSPS) is 16.6. The number of aromatic nitrogens is 1. The fourth-order valence-electron chi connectivity index (χ4n) is 2.66. The number of hydrogen-bond donors (Lipinski definition) is 1. The smallest absolute Gasteiger partial charge is 0.256 e. The Hall–Kier alpha value is -2.10. The van der Waals surface area contributed by atoms with Crippen LogP contribution in [-0.4, -0.2) is 17.6 Å². The number of carbonyl (C=O) groups excluding carboxylic acids is 1. The third kappa shape index (κ3) is 2.03. The van der Waals surface area contributed by atoms with Gasteiger partial charge in [-0.25, -0.2) is 0 Å². The summed E-state index contributed by atoms with van der Waals surface area (Å²) in [6, 6.07) is 8.37. The molecule has 1 aromatic heterocycles. The molecule has 0 saturated heterocycles. The molecule has 1 heterocycles. The summed E-state index contributed by atoms with van der Waals surface area (Å²) in [7, 11) is 0. The average molecular weight is 256 g/mol. The Labute approximate surface area is 111 Å². The van der Waals surface area contributed by atoms with E-state index in [-0.39, 0.29) is 5.91 Å². The molecule has 0 saturated carbocycles. The zero-order valence-electron chi connectivity index (χ0n) is 11.1. The van der Waals surface area contributed by atoms with Gasteiger partial charge < -0.3 is 9.84 Å². The molecule has 1 aliphatic carbocycles. The number of amides is 1. The van der Waals surface area contributed by atoms with Gasteiger partial charge in [0.1, 0.15) is 11.3 Å². The lowest BCUT2D eigenvalue weighted by atomic mass is 9.77. The maximum absolute atomic E-state index is 12.1. The van der Waals surface area contributed by atoms with Crippen LogP contribution in [0.25, 0.3) is 0 Å². The Bertz CT molecular complexity index is 611. The molecule has 0 spiro atoms. The molecule has 1 N–H and O–H groups in total. The maximum Gasteiger partial charge on any atom is 0.256 e. The Balaban J connectivity index is 1.64. The number of nitrogens with zero attached hydrogens (tertiary/aromatic N) is 1. The van der Waals surface area contributed by atoms with Crippen molar-refractivity contribution in [2.45, 2.75) is 26.2 Å². The maximum atomic E-state index is 12.1. The molecular weight excluding hydrogens is 240 g/mol. The minimum Gasteiger partial charge on any atom is -0.361 e. The molecule has 1 atom stereocenters. The van der Waals surface area contributed by atoms with Gasteiger partial charge in [0.15, 0.2) is 0 Å². The third-order valence-corrected chi connectivity index (χ3v) is 3.73. The first-order chi connectivity index (χ1) is 9.16. The quantitative estimate of drug-likeness (QED) is 0.917. The Morgan fingerprint density at radius 3 is 2.89 bits per heavy atom. The molecule has 1 amide bonds. The monoisotopic (exact) mass is 256 g/mol. The van der Waals surface area contributed by atoms with E-state index in [9.17, 15) is 4.79 Å². The first-order valence-corrected chi connectivity index (χ1v) is 6.45. The van der Waals surface area contributed by atoms with Gasteiger partial charge in [0, 0.05) is 12.5 Å². The Kier molecular flexibility index (Phi) is 2.85. The van der Waals surface area contributed by atoms with Crippen LogP contribution in [0.2, 0.25) is 0 Å². The van der Waals surface area contributed by atoms with E-state index < -0.39 is 0 Å². The second-order valence-electron chi connectivity index (χ2n) is 5.01. The molecule has 0 fully saturated rings. The molecule has 0 radical (unpaired) electrons. The van der Waals surface area contributed by atoms with E-state index in [1.807, 2.05) is 6.07 Å². The number of carbonyl (C=O) groups is 1. The lowest BCUT2D eigenvalue weighted by molar-refractivity contribution is 0.0948. The fourth-order valence-corrected chi connectivity index (χ4v) is 2.66. The molecule has 0 bridgehead atoms. The summed E-state index contributed by atoms with van der Waals surface area (Å²) in [5, 5.41) is 6.77. The van der Waals surface area contributed by atoms with Crippen molar-refractivity contribution in [1.82, 2.24) is 10.5 Å². The van der Waals surface area contributed by atoms with Gasteiger partial charge in [-0.15, -0.1) is 0 Å². The van der Waals surface area contributed by atoms with E-state index in [2.05, 4.69) is 28.7 Å². The second-order valence-corrected chi connectivity index (χ2v) is 5.01. The highest BCUT2D eigenvalue weighted by Crippen LogP contribution is 2.34. The van der Waals surface area contributed by atoms with Crippen LogP contribution in [-0.2, 0) is 6.42 Å². The lowest BCUT2D eigenvalue weighted by Crippen LogP contribution is -2.33. The molecule has 1 aliphatic rings. The summed E-state index contributed by atoms with van der Waals surface area (Å²) in [5.41, 5.74) is 3.94. The minimum atomic E-state index is -0.0966. The van der Waals surface area contributed by atoms with Gasteiger partial charge in [-0.3, -0.25) is 4.79 Å². The van der Waals surface area contributed by atoms with Gasteiger partial charge in [-0.2, -0.15) is 0 Å². The fraction of sp³-hybridized carbons (Fsp3) is 0.333. The zero-order valence-corrected chi connectivity index (χ0v) is 11.1. The minimum absolute atomic E-state index is 0.0966. The van der Waals surface area contributed by atoms with Crippen LogP contribution in [0.3, 0.4) is 0 Å². The van der Waals surface area contributed by atoms with Gasteiger partial charge in [0.2, 0.25) is 0 Å². The molecule has 2 aromatic rings. The first-order valence-electron chi connectivity index (χ1n) is 6.45. The molecule has 1 unspecified atom stereocenters. The largest absolute Gasteiger partial charge is 0.361 e. The predicted octanol–water partition coefficient (Wildman–Crippen LogP) is 2.36. The molecule has 1 aromatic carbocycles. The Morgan fingerprint density at radius 2 is 2.21 bits per heavy atom. The van der Waals surface area contributed by atoms with Crippen molar-refractivity contribution in [3.05, 3.63) is 52.4 Å². The highest BCUT2D eigenvalue weighted by atomic mass is 16.5. The van der Waals surface area contributed by atoms with Crippen molar-refractivity contribution < 1.29 is 9.32 Å². The van der Waals surface area contributed by atoms with E-state index in [1.54, 1.807) is 13.8 Å². The molecule has 98 valence electrons. The topological polar surface area (TPSA) is 55.1 Å². The van der Waals surface area contributed by atoms with E-state index in [0.717, 1.165) is 6.42 Å². The highest BCUT2D eigenvalue weighted by Gasteiger charge is 2.26. The van der Waals surface area contributed by atoms with Crippen LogP contribution in [0.5, 0.6) is 0 Å². The third-order valence-electron chi connectivity index (χ3n) is 3.73. The zero-order chi connectivity index (χ0) is 13.4. The van der Waals surface area contributed by atoms with Crippen LogP contribution in [0.15, 0.2) is 28.8 Å². The van der Waals surface area contributed by atoms with Crippen molar-refractivity contribution in [2.75, 3.05) is 6.54 Å². The van der Waals surface area contributed by atoms with Crippen molar-refractivity contribution in [2.24, 2.45) is 0 Å². The first kappa shape index (κ1) is 12.0. The summed E-state index contributed by atoms with van der Waals surface area (Å²) in [4.78, 5) is 12.1. The number of nitrogens with one attached hydrogen (secondary N) is 1. The molecule has 3 rings (SSSR count). The summed E-state index contributed by atoms with van der Waals surface area (Å²) in [6.45, 7) is 4.21. The molecule has 19 heavy (non-hydrogen) atoms. The van der Waals surface area contributed by atoms with Gasteiger partial charge in [0.25, 0.3) is 5.91 Å². The summed E-state index contributed by atoms with van der Waals surface area (Å²) < 4.78 is 5.01. The van der Waals surface area contributed by atoms with E-state index in [0.29, 0.717) is 29.5 Å². The van der Waals surface area contributed by atoms with Crippen LogP contribution in [0.4, 0.5) is 0 Å². The average Bonchev–Trinajstić information content (AvgIpc) is 2.70. The van der Waals surface area contributed by atoms with E-state index in [1.165, 1.54) is 11.1 Å². The van der Waals surface area contributed by atoms with Gasteiger partial charge in [-0.05, 0) is 31.4 Å². The van der Waals surface area contributed by atoms with E-state index in [4.69, 9.17) is 4.52 Å². The number of fused-ring (bicyclic) bond motifs is 1. The summed E-state index contributed by atoms with van der Waals surface area (Å²) in [6.07, 6.45) is 1.04. The standard InChI is InChI=1S/C15H16N2O2/c1-9-14(10(2)19-17-9)15(18)16-8-12-7-11-5-3-4-6-13(11)12/h3-6,12H,7-8H2,1-2H3,(H,16,18). The molecular formula is C15H16N2O2. The Morgan fingerprint density at radius 1 is 1.42 bits per heavy atom. The summed E-state index contributed by atoms with van der Waals surface area (Å²) in [5.74, 6) is 0.908. The number of benzene rings is 1. The SMILES string of the molecule is Cc1noc(C)c1C(=O)NCC1Cc2ccccc21. The lowest BCUT2D eigenvalue weighted by Gasteiger charge is -2.30. The van der Waals surface area contributed by atoms with E-state index >= 15 is 0 Å². The van der Waals surface area contributed by atoms with Crippen LogP contribution < -0.4 is 5.32 Å². The number of aryl methyl sites for hydroxylation is 2. The van der Waals surface area contributed by atoms with Crippen LogP contribution in [0, 0.1) is 13.8 Å². The van der Waals surface area contributed by atoms with Gasteiger partial charge >= 0.3 is 0 Å². The van der Waals surface area contributed by atoms with Crippen LogP contribution >= 0.6 is 0 Å². The van der Waals surface area contributed by atoms with Crippen LogP contribution in [0.1, 0.15) is 38.9 Å². The van der Waals surface area contributed by atoms with Crippen molar-refractivity contribution in [1.29, 1.82) is 0 Å². The summed E-state index contributed by atoms with van der Waals surface area (Å²) >= 11 is 0. The van der Waals surface area contributed by atoms with Gasteiger partial charge in [-0.1, -0.05) is 29.4 Å². The van der Waals surface area contributed by atoms with Crippen molar-refractivity contribution in [3.8, 4) is 0 Å². The number of rotatable bonds is 3. The van der Waals surface area contributed by atoms with Gasteiger partial charge in [0.05, 0.1) is 5.69 Å². The van der Waals surface area contributed by atoms with Crippen molar-refractivity contribution >= 4 is 5.91 Å².